The number of aromatic nitrogens is 5. The van der Waals surface area contributed by atoms with Crippen LogP contribution >= 0.6 is 11.6 Å². The summed E-state index contributed by atoms with van der Waals surface area (Å²) in [6.07, 6.45) is 2.94. The van der Waals surface area contributed by atoms with Crippen molar-refractivity contribution < 1.29 is 9.32 Å². The van der Waals surface area contributed by atoms with Gasteiger partial charge < -0.3 is 9.84 Å². The highest BCUT2D eigenvalue weighted by Gasteiger charge is 2.16. The maximum absolute atomic E-state index is 13.0. The number of hydrogen-bond donors (Lipinski definition) is 1. The van der Waals surface area contributed by atoms with Crippen LogP contribution in [-0.2, 0) is 0 Å². The fourth-order valence-corrected chi connectivity index (χ4v) is 3.15. The predicted octanol–water partition coefficient (Wildman–Crippen LogP) is 4.35. The van der Waals surface area contributed by atoms with E-state index in [1.807, 2.05) is 24.3 Å². The van der Waals surface area contributed by atoms with Crippen LogP contribution in [0.2, 0.25) is 5.02 Å². The summed E-state index contributed by atoms with van der Waals surface area (Å²) < 4.78 is 6.54. The molecular formula is C21H13ClN6O2. The molecule has 1 N–H and O–H groups in total. The van der Waals surface area contributed by atoms with Gasteiger partial charge >= 0.3 is 0 Å². The minimum absolute atomic E-state index is 0.307. The molecule has 146 valence electrons. The van der Waals surface area contributed by atoms with Gasteiger partial charge in [-0.2, -0.15) is 14.6 Å². The van der Waals surface area contributed by atoms with Crippen molar-refractivity contribution in [3.05, 3.63) is 83.9 Å². The first kappa shape index (κ1) is 18.0. The number of amides is 1. The van der Waals surface area contributed by atoms with Crippen molar-refractivity contribution in [2.75, 3.05) is 5.32 Å². The van der Waals surface area contributed by atoms with Crippen molar-refractivity contribution in [1.29, 1.82) is 0 Å². The molecule has 8 nitrogen and oxygen atoms in total. The van der Waals surface area contributed by atoms with Crippen molar-refractivity contribution in [2.45, 2.75) is 0 Å². The summed E-state index contributed by atoms with van der Waals surface area (Å²) in [6.45, 7) is 0. The van der Waals surface area contributed by atoms with Gasteiger partial charge in [0.2, 0.25) is 0 Å². The molecule has 0 radical (unpaired) electrons. The minimum Gasteiger partial charge on any atom is -0.356 e. The minimum atomic E-state index is -0.337. The average Bonchev–Trinajstić information content (AvgIpc) is 3.46. The topological polar surface area (TPSA) is 98.2 Å². The molecule has 0 atom stereocenters. The van der Waals surface area contributed by atoms with E-state index in [2.05, 4.69) is 25.5 Å². The third kappa shape index (κ3) is 3.40. The zero-order chi connectivity index (χ0) is 20.5. The van der Waals surface area contributed by atoms with Gasteiger partial charge in [-0.25, -0.2) is 4.98 Å². The Balaban J connectivity index is 1.47. The van der Waals surface area contributed by atoms with Crippen LogP contribution in [0, 0.1) is 0 Å². The second-order valence-corrected chi connectivity index (χ2v) is 6.85. The first-order chi connectivity index (χ1) is 14.7. The van der Waals surface area contributed by atoms with E-state index >= 15 is 0 Å². The van der Waals surface area contributed by atoms with Gasteiger partial charge in [-0.3, -0.25) is 4.79 Å². The first-order valence-corrected chi connectivity index (χ1v) is 9.34. The van der Waals surface area contributed by atoms with Crippen LogP contribution in [0.3, 0.4) is 0 Å². The Bertz CT molecular complexity index is 1330. The number of rotatable bonds is 4. The largest absolute Gasteiger partial charge is 0.356 e. The van der Waals surface area contributed by atoms with Crippen LogP contribution in [-0.4, -0.2) is 30.6 Å². The summed E-state index contributed by atoms with van der Waals surface area (Å²) in [6, 6.07) is 17.9. The molecule has 0 aliphatic heterocycles. The summed E-state index contributed by atoms with van der Waals surface area (Å²) in [5.41, 5.74) is 3.20. The van der Waals surface area contributed by atoms with Crippen LogP contribution in [0.4, 0.5) is 5.69 Å². The molecule has 0 unspecified atom stereocenters. The fourth-order valence-electron chi connectivity index (χ4n) is 3.02. The van der Waals surface area contributed by atoms with Crippen molar-refractivity contribution in [3.8, 4) is 22.6 Å². The van der Waals surface area contributed by atoms with E-state index < -0.39 is 0 Å². The summed E-state index contributed by atoms with van der Waals surface area (Å²) in [7, 11) is 0. The van der Waals surface area contributed by atoms with Gasteiger partial charge in [-0.15, -0.1) is 0 Å². The molecule has 0 spiro atoms. The molecule has 0 saturated carbocycles. The van der Waals surface area contributed by atoms with Crippen LogP contribution < -0.4 is 5.32 Å². The SMILES string of the molecule is O=C(Nc1ccc(-c2ccno2)cc1)c1cc(-c2ccc(Cl)cc2)nc2ncnn12. The summed E-state index contributed by atoms with van der Waals surface area (Å²) in [4.78, 5) is 21.6. The molecule has 5 rings (SSSR count). The highest BCUT2D eigenvalue weighted by atomic mass is 35.5. The van der Waals surface area contributed by atoms with Gasteiger partial charge in [0.25, 0.3) is 11.7 Å². The Hall–Kier alpha value is -4.04. The number of benzene rings is 2. The van der Waals surface area contributed by atoms with Crippen LogP contribution in [0.1, 0.15) is 10.5 Å². The van der Waals surface area contributed by atoms with Gasteiger partial charge in [0, 0.05) is 27.9 Å². The molecule has 3 heterocycles. The second kappa shape index (κ2) is 7.41. The number of carbonyl (C=O) groups excluding carboxylic acids is 1. The quantitative estimate of drug-likeness (QED) is 0.467. The van der Waals surface area contributed by atoms with Gasteiger partial charge in [-0.1, -0.05) is 28.9 Å². The Morgan fingerprint density at radius 2 is 1.77 bits per heavy atom. The van der Waals surface area contributed by atoms with E-state index in [-0.39, 0.29) is 5.91 Å². The van der Waals surface area contributed by atoms with E-state index in [4.69, 9.17) is 16.1 Å². The standard InChI is InChI=1S/C21H13ClN6O2/c22-15-5-1-13(2-6-15)17-11-18(28-21(27-17)23-12-24-28)20(29)26-16-7-3-14(4-8-16)19-9-10-25-30-19/h1-12H,(H,26,29). The van der Waals surface area contributed by atoms with E-state index in [9.17, 15) is 4.79 Å². The summed E-state index contributed by atoms with van der Waals surface area (Å²) >= 11 is 5.97. The lowest BCUT2D eigenvalue weighted by molar-refractivity contribution is 0.102. The van der Waals surface area contributed by atoms with Crippen molar-refractivity contribution in [1.82, 2.24) is 24.7 Å². The summed E-state index contributed by atoms with van der Waals surface area (Å²) in [5, 5.41) is 11.3. The second-order valence-electron chi connectivity index (χ2n) is 6.41. The zero-order valence-electron chi connectivity index (χ0n) is 15.4. The fraction of sp³-hybridized carbons (Fsp3) is 0. The Kier molecular flexibility index (Phi) is 4.45. The maximum atomic E-state index is 13.0. The third-order valence-electron chi connectivity index (χ3n) is 4.49. The van der Waals surface area contributed by atoms with E-state index in [1.54, 1.807) is 42.6 Å². The molecule has 30 heavy (non-hydrogen) atoms. The molecule has 0 aliphatic rings. The molecule has 0 saturated heterocycles. The lowest BCUT2D eigenvalue weighted by Crippen LogP contribution is -2.17. The van der Waals surface area contributed by atoms with Crippen molar-refractivity contribution in [2.24, 2.45) is 0 Å². The van der Waals surface area contributed by atoms with Crippen LogP contribution in [0.25, 0.3) is 28.4 Å². The Morgan fingerprint density at radius 1 is 1.00 bits per heavy atom. The molecular weight excluding hydrogens is 404 g/mol. The van der Waals surface area contributed by atoms with Crippen molar-refractivity contribution in [3.63, 3.8) is 0 Å². The van der Waals surface area contributed by atoms with Gasteiger partial charge in [0.15, 0.2) is 5.76 Å². The lowest BCUT2D eigenvalue weighted by atomic mass is 10.1. The van der Waals surface area contributed by atoms with Crippen LogP contribution in [0.15, 0.2) is 77.7 Å². The number of fused-ring (bicyclic) bond motifs is 1. The molecule has 1 amide bonds. The van der Waals surface area contributed by atoms with E-state index in [1.165, 1.54) is 10.8 Å². The molecule has 0 fully saturated rings. The van der Waals surface area contributed by atoms with Crippen LogP contribution in [0.5, 0.6) is 0 Å². The molecule has 2 aromatic carbocycles. The Labute approximate surface area is 175 Å². The van der Waals surface area contributed by atoms with Crippen molar-refractivity contribution >= 4 is 29.0 Å². The number of hydrogen-bond acceptors (Lipinski definition) is 6. The monoisotopic (exact) mass is 416 g/mol. The highest BCUT2D eigenvalue weighted by Crippen LogP contribution is 2.23. The van der Waals surface area contributed by atoms with E-state index in [0.29, 0.717) is 33.6 Å². The summed E-state index contributed by atoms with van der Waals surface area (Å²) in [5.74, 6) is 0.641. The molecule has 0 bridgehead atoms. The van der Waals surface area contributed by atoms with Gasteiger partial charge in [0.1, 0.15) is 12.0 Å². The molecule has 5 aromatic rings. The highest BCUT2D eigenvalue weighted by molar-refractivity contribution is 6.30. The normalized spacial score (nSPS) is 11.0. The molecule has 3 aromatic heterocycles. The zero-order valence-corrected chi connectivity index (χ0v) is 16.1. The van der Waals surface area contributed by atoms with E-state index in [0.717, 1.165) is 11.1 Å². The van der Waals surface area contributed by atoms with Gasteiger partial charge in [0.05, 0.1) is 11.9 Å². The first-order valence-electron chi connectivity index (χ1n) is 8.96. The predicted molar refractivity (Wildman–Crippen MR) is 111 cm³/mol. The number of halogens is 1. The Morgan fingerprint density at radius 3 is 2.50 bits per heavy atom. The molecule has 9 heteroatoms. The smallest absolute Gasteiger partial charge is 0.274 e. The van der Waals surface area contributed by atoms with Gasteiger partial charge in [-0.05, 0) is 42.5 Å². The number of anilines is 1. The maximum Gasteiger partial charge on any atom is 0.274 e. The lowest BCUT2D eigenvalue weighted by Gasteiger charge is -2.09. The number of nitrogens with zero attached hydrogens (tertiary/aromatic N) is 5. The molecule has 0 aliphatic carbocycles. The number of nitrogens with one attached hydrogen (secondary N) is 1. The third-order valence-corrected chi connectivity index (χ3v) is 4.74. The number of carbonyl (C=O) groups is 1. The average molecular weight is 417 g/mol.